The van der Waals surface area contributed by atoms with Crippen LogP contribution in [0.2, 0.25) is 0 Å². The first-order valence-corrected chi connectivity index (χ1v) is 7.02. The van der Waals surface area contributed by atoms with Crippen LogP contribution in [0.1, 0.15) is 24.8 Å². The molecule has 1 atom stereocenters. The van der Waals surface area contributed by atoms with Crippen molar-refractivity contribution in [1.82, 2.24) is 0 Å². The summed E-state index contributed by atoms with van der Waals surface area (Å²) in [5, 5.41) is 10.8. The minimum absolute atomic E-state index is 0.169. The number of hydrogen-bond donors (Lipinski definition) is 0. The van der Waals surface area contributed by atoms with Gasteiger partial charge in [-0.15, -0.1) is 0 Å². The van der Waals surface area contributed by atoms with Gasteiger partial charge in [-0.05, 0) is 24.8 Å². The molecule has 112 valence electrons. The summed E-state index contributed by atoms with van der Waals surface area (Å²) < 4.78 is 25.2. The first-order valence-electron chi connectivity index (χ1n) is 7.02. The van der Waals surface area contributed by atoms with Crippen molar-refractivity contribution in [3.8, 4) is 0 Å². The highest BCUT2D eigenvalue weighted by Crippen LogP contribution is 2.36. The Balaban J connectivity index is 1.79. The molecule has 0 saturated carbocycles. The second-order valence-corrected chi connectivity index (χ2v) is 5.27. The van der Waals surface area contributed by atoms with E-state index in [4.69, 9.17) is 9.47 Å². The third kappa shape index (κ3) is 2.82. The Morgan fingerprint density at radius 2 is 2.05 bits per heavy atom. The number of rotatable bonds is 3. The molecule has 3 rings (SSSR count). The molecule has 0 spiro atoms. The lowest BCUT2D eigenvalue weighted by atomic mass is 9.86. The molecule has 1 aliphatic carbocycles. The Morgan fingerprint density at radius 1 is 1.29 bits per heavy atom. The van der Waals surface area contributed by atoms with Crippen molar-refractivity contribution in [1.29, 1.82) is 0 Å². The Morgan fingerprint density at radius 3 is 2.67 bits per heavy atom. The molecule has 0 amide bonds. The third-order valence-corrected chi connectivity index (χ3v) is 4.00. The van der Waals surface area contributed by atoms with E-state index in [0.717, 1.165) is 18.4 Å². The van der Waals surface area contributed by atoms with Crippen molar-refractivity contribution >= 4 is 11.3 Å². The van der Waals surface area contributed by atoms with Crippen LogP contribution in [0.4, 0.5) is 10.1 Å². The number of nitrogens with zero attached hydrogens (tertiary/aromatic N) is 1. The van der Waals surface area contributed by atoms with Crippen LogP contribution in [0.3, 0.4) is 0 Å². The molecule has 1 fully saturated rings. The molecule has 1 saturated heterocycles. The van der Waals surface area contributed by atoms with Gasteiger partial charge in [-0.1, -0.05) is 18.2 Å². The number of hydrogen-bond acceptors (Lipinski definition) is 4. The monoisotopic (exact) mass is 293 g/mol. The van der Waals surface area contributed by atoms with Gasteiger partial charge in [-0.2, -0.15) is 4.39 Å². The van der Waals surface area contributed by atoms with E-state index in [1.807, 2.05) is 6.08 Å². The van der Waals surface area contributed by atoms with Gasteiger partial charge < -0.3 is 9.47 Å². The normalized spacial score (nSPS) is 23.1. The lowest BCUT2D eigenvalue weighted by Crippen LogP contribution is -2.23. The van der Waals surface area contributed by atoms with Gasteiger partial charge in [0.1, 0.15) is 0 Å². The van der Waals surface area contributed by atoms with Crippen LogP contribution in [0.15, 0.2) is 24.3 Å². The average molecular weight is 293 g/mol. The fourth-order valence-corrected chi connectivity index (χ4v) is 2.90. The summed E-state index contributed by atoms with van der Waals surface area (Å²) >= 11 is 0. The van der Waals surface area contributed by atoms with Crippen LogP contribution < -0.4 is 0 Å². The van der Waals surface area contributed by atoms with Crippen molar-refractivity contribution in [3.63, 3.8) is 0 Å². The second kappa shape index (κ2) is 5.91. The average Bonchev–Trinajstić information content (AvgIpc) is 3.02. The van der Waals surface area contributed by atoms with Crippen molar-refractivity contribution in [2.75, 3.05) is 13.2 Å². The molecular weight excluding hydrogens is 277 g/mol. The standard InChI is InChI=1S/C15H16FNO4/c16-14-12(2-1-3-13(14)17(18)19)10-4-6-11(7-5-10)15-20-8-9-21-15/h1-4,11,15H,5-9H2. The van der Waals surface area contributed by atoms with Gasteiger partial charge in [0.05, 0.1) is 18.1 Å². The van der Waals surface area contributed by atoms with Gasteiger partial charge in [-0.3, -0.25) is 10.1 Å². The van der Waals surface area contributed by atoms with Gasteiger partial charge in [0.25, 0.3) is 0 Å². The van der Waals surface area contributed by atoms with Crippen LogP contribution >= 0.6 is 0 Å². The van der Waals surface area contributed by atoms with Crippen LogP contribution in [0.5, 0.6) is 0 Å². The maximum absolute atomic E-state index is 14.2. The number of halogens is 1. The van der Waals surface area contributed by atoms with Crippen molar-refractivity contribution < 1.29 is 18.8 Å². The van der Waals surface area contributed by atoms with Gasteiger partial charge in [0.2, 0.25) is 5.82 Å². The maximum Gasteiger partial charge on any atom is 0.305 e. The lowest BCUT2D eigenvalue weighted by Gasteiger charge is -2.25. The number of nitro benzene ring substituents is 1. The second-order valence-electron chi connectivity index (χ2n) is 5.27. The predicted molar refractivity (Wildman–Crippen MR) is 74.1 cm³/mol. The molecule has 0 N–H and O–H groups in total. The smallest absolute Gasteiger partial charge is 0.305 e. The van der Waals surface area contributed by atoms with Crippen molar-refractivity contribution in [2.45, 2.75) is 25.6 Å². The molecule has 1 heterocycles. The van der Waals surface area contributed by atoms with E-state index in [1.165, 1.54) is 12.1 Å². The maximum atomic E-state index is 14.2. The Labute approximate surface area is 121 Å². The molecule has 1 aliphatic heterocycles. The third-order valence-electron chi connectivity index (χ3n) is 4.00. The molecule has 2 aliphatic rings. The van der Waals surface area contributed by atoms with Crippen LogP contribution in [-0.4, -0.2) is 24.4 Å². The Kier molecular flexibility index (Phi) is 3.98. The van der Waals surface area contributed by atoms with Crippen LogP contribution in [-0.2, 0) is 9.47 Å². The minimum Gasteiger partial charge on any atom is -0.350 e. The number of nitro groups is 1. The number of allylic oxidation sites excluding steroid dienone is 2. The van der Waals surface area contributed by atoms with E-state index in [0.29, 0.717) is 25.2 Å². The molecule has 6 heteroatoms. The van der Waals surface area contributed by atoms with Crippen molar-refractivity contribution in [2.24, 2.45) is 5.92 Å². The summed E-state index contributed by atoms with van der Waals surface area (Å²) in [5.41, 5.74) is 0.680. The van der Waals surface area contributed by atoms with E-state index < -0.39 is 16.4 Å². The highest BCUT2D eigenvalue weighted by Gasteiger charge is 2.29. The molecular formula is C15H16FNO4. The van der Waals surface area contributed by atoms with E-state index in [1.54, 1.807) is 6.07 Å². The molecule has 1 aromatic carbocycles. The fraction of sp³-hybridized carbons (Fsp3) is 0.467. The van der Waals surface area contributed by atoms with Gasteiger partial charge in [0, 0.05) is 17.5 Å². The van der Waals surface area contributed by atoms with Gasteiger partial charge in [0.15, 0.2) is 6.29 Å². The molecule has 5 nitrogen and oxygen atoms in total. The fourth-order valence-electron chi connectivity index (χ4n) is 2.90. The predicted octanol–water partition coefficient (Wildman–Crippen LogP) is 3.29. The summed E-state index contributed by atoms with van der Waals surface area (Å²) in [4.78, 5) is 10.1. The van der Waals surface area contributed by atoms with Crippen LogP contribution in [0, 0.1) is 21.8 Å². The van der Waals surface area contributed by atoms with Gasteiger partial charge in [-0.25, -0.2) is 0 Å². The zero-order valence-electron chi connectivity index (χ0n) is 11.5. The summed E-state index contributed by atoms with van der Waals surface area (Å²) in [5.74, 6) is -0.474. The highest BCUT2D eigenvalue weighted by molar-refractivity contribution is 5.68. The quantitative estimate of drug-likeness (QED) is 0.633. The summed E-state index contributed by atoms with van der Waals surface area (Å²) in [6.45, 7) is 1.24. The topological polar surface area (TPSA) is 61.6 Å². The first kappa shape index (κ1) is 14.2. The molecule has 1 unspecified atom stereocenters. The molecule has 0 aromatic heterocycles. The molecule has 21 heavy (non-hydrogen) atoms. The SMILES string of the molecule is O=[N+]([O-])c1cccc(C2=CCC(C3OCCO3)CC2)c1F. The highest BCUT2D eigenvalue weighted by atomic mass is 19.1. The number of ether oxygens (including phenoxy) is 2. The zero-order chi connectivity index (χ0) is 14.8. The molecule has 0 bridgehead atoms. The molecule has 1 aromatic rings. The van der Waals surface area contributed by atoms with E-state index >= 15 is 0 Å². The largest absolute Gasteiger partial charge is 0.350 e. The Hall–Kier alpha value is -1.79. The molecule has 0 radical (unpaired) electrons. The van der Waals surface area contributed by atoms with Crippen LogP contribution in [0.25, 0.3) is 5.57 Å². The van der Waals surface area contributed by atoms with Gasteiger partial charge >= 0.3 is 5.69 Å². The van der Waals surface area contributed by atoms with Crippen molar-refractivity contribution in [3.05, 3.63) is 45.8 Å². The summed E-state index contributed by atoms with van der Waals surface area (Å²) in [7, 11) is 0. The summed E-state index contributed by atoms with van der Waals surface area (Å²) in [6, 6.07) is 4.30. The van der Waals surface area contributed by atoms with E-state index in [2.05, 4.69) is 0 Å². The number of benzene rings is 1. The zero-order valence-corrected chi connectivity index (χ0v) is 11.5. The lowest BCUT2D eigenvalue weighted by molar-refractivity contribution is -0.387. The van der Waals surface area contributed by atoms with E-state index in [9.17, 15) is 14.5 Å². The Bertz CT molecular complexity index is 581. The first-order chi connectivity index (χ1) is 10.2. The summed E-state index contributed by atoms with van der Waals surface area (Å²) in [6.07, 6.45) is 4.02. The van der Waals surface area contributed by atoms with E-state index in [-0.39, 0.29) is 12.2 Å². The minimum atomic E-state index is -0.749.